The van der Waals surface area contributed by atoms with Crippen LogP contribution >= 0.6 is 58.2 Å². The Kier molecular flexibility index (Phi) is 8.87. The van der Waals surface area contributed by atoms with E-state index in [-0.39, 0.29) is 6.54 Å². The van der Waals surface area contributed by atoms with E-state index in [1.165, 1.54) is 11.8 Å². The van der Waals surface area contributed by atoms with Crippen LogP contribution in [-0.2, 0) is 12.3 Å². The van der Waals surface area contributed by atoms with Crippen molar-refractivity contribution < 1.29 is 9.53 Å². The second kappa shape index (κ2) is 12.1. The number of nitrogens with zero attached hydrogens (tertiary/aromatic N) is 3. The topological polar surface area (TPSA) is 81.1 Å². The molecular weight excluding hydrogens is 564 g/mol. The maximum absolute atomic E-state index is 12.5. The van der Waals surface area contributed by atoms with Crippen molar-refractivity contribution in [3.8, 4) is 11.4 Å². The first-order chi connectivity index (χ1) is 17.3. The van der Waals surface area contributed by atoms with E-state index in [1.807, 2.05) is 24.3 Å². The van der Waals surface area contributed by atoms with Crippen LogP contribution in [0, 0.1) is 0 Å². The van der Waals surface area contributed by atoms with Gasteiger partial charge in [0, 0.05) is 15.8 Å². The predicted molar refractivity (Wildman–Crippen MR) is 146 cm³/mol. The molecule has 4 aromatic rings. The third-order valence-corrected chi connectivity index (χ3v) is 7.04. The Morgan fingerprint density at radius 1 is 0.972 bits per heavy atom. The molecule has 0 bridgehead atoms. The van der Waals surface area contributed by atoms with E-state index in [0.29, 0.717) is 48.2 Å². The summed E-state index contributed by atoms with van der Waals surface area (Å²) in [7, 11) is 1.63. The number of hydrogen-bond donors (Lipinski definition) is 2. The molecule has 1 heterocycles. The van der Waals surface area contributed by atoms with E-state index in [2.05, 4.69) is 20.8 Å². The molecule has 0 aliphatic carbocycles. The van der Waals surface area contributed by atoms with Crippen LogP contribution in [0.1, 0.15) is 11.4 Å². The van der Waals surface area contributed by atoms with Crippen LogP contribution in [0.25, 0.3) is 5.69 Å². The van der Waals surface area contributed by atoms with Gasteiger partial charge in [0.25, 0.3) is 0 Å². The standard InChI is InChI=1S/C24H19Cl4N5O2S/c1-35-17-4-2-3-14(9-17)13-36-24-32-31-22(33(24)21-11-16(26)5-7-18(21)27)12-29-23(34)30-20-8-6-15(25)10-19(20)28/h2-11H,12-13H2,1H3,(H2,29,30,34). The van der Waals surface area contributed by atoms with Gasteiger partial charge in [0.05, 0.1) is 35.1 Å². The molecule has 2 N–H and O–H groups in total. The van der Waals surface area contributed by atoms with Crippen molar-refractivity contribution in [2.24, 2.45) is 0 Å². The lowest BCUT2D eigenvalue weighted by Gasteiger charge is -2.13. The molecule has 0 spiro atoms. The Balaban J connectivity index is 1.56. The maximum Gasteiger partial charge on any atom is 0.319 e. The Morgan fingerprint density at radius 3 is 2.53 bits per heavy atom. The summed E-state index contributed by atoms with van der Waals surface area (Å²) >= 11 is 26.3. The highest BCUT2D eigenvalue weighted by molar-refractivity contribution is 7.98. The van der Waals surface area contributed by atoms with Gasteiger partial charge >= 0.3 is 6.03 Å². The molecule has 0 aliphatic rings. The molecule has 0 aliphatic heterocycles. The Morgan fingerprint density at radius 2 is 1.75 bits per heavy atom. The molecule has 186 valence electrons. The van der Waals surface area contributed by atoms with Crippen LogP contribution in [0.2, 0.25) is 20.1 Å². The van der Waals surface area contributed by atoms with E-state index < -0.39 is 6.03 Å². The number of rotatable bonds is 8. The summed E-state index contributed by atoms with van der Waals surface area (Å²) in [5.41, 5.74) is 2.07. The van der Waals surface area contributed by atoms with E-state index >= 15 is 0 Å². The number of benzene rings is 3. The SMILES string of the molecule is COc1cccc(CSc2nnc(CNC(=O)Nc3ccc(Cl)cc3Cl)n2-c2cc(Cl)ccc2Cl)c1. The lowest BCUT2D eigenvalue weighted by molar-refractivity contribution is 0.251. The quantitative estimate of drug-likeness (QED) is 0.210. The number of nitrogens with one attached hydrogen (secondary N) is 2. The lowest BCUT2D eigenvalue weighted by Crippen LogP contribution is -2.29. The summed E-state index contributed by atoms with van der Waals surface area (Å²) in [4.78, 5) is 12.5. The molecular formula is C24H19Cl4N5O2S. The number of hydrogen-bond acceptors (Lipinski definition) is 5. The Hall–Kier alpha value is -2.62. The first-order valence-electron chi connectivity index (χ1n) is 10.5. The second-order valence-corrected chi connectivity index (χ2v) is 10.0. The zero-order chi connectivity index (χ0) is 25.7. The monoisotopic (exact) mass is 581 g/mol. The number of aromatic nitrogens is 3. The minimum atomic E-state index is -0.475. The zero-order valence-electron chi connectivity index (χ0n) is 18.8. The molecule has 0 atom stereocenters. The molecule has 12 heteroatoms. The molecule has 0 saturated carbocycles. The van der Waals surface area contributed by atoms with E-state index in [0.717, 1.165) is 11.3 Å². The maximum atomic E-state index is 12.5. The van der Waals surface area contributed by atoms with Crippen LogP contribution in [0.15, 0.2) is 65.8 Å². The van der Waals surface area contributed by atoms with Crippen molar-refractivity contribution in [1.29, 1.82) is 0 Å². The molecule has 4 rings (SSSR count). The van der Waals surface area contributed by atoms with Crippen molar-refractivity contribution in [3.05, 3.63) is 92.1 Å². The number of anilines is 1. The van der Waals surface area contributed by atoms with E-state index in [1.54, 1.807) is 48.1 Å². The number of carbonyl (C=O) groups is 1. The number of amides is 2. The predicted octanol–water partition coefficient (Wildman–Crippen LogP) is 7.50. The molecule has 0 unspecified atom stereocenters. The van der Waals surface area contributed by atoms with E-state index in [4.69, 9.17) is 51.1 Å². The molecule has 36 heavy (non-hydrogen) atoms. The Bertz CT molecular complexity index is 1400. The molecule has 1 aromatic heterocycles. The molecule has 0 radical (unpaired) electrons. The summed E-state index contributed by atoms with van der Waals surface area (Å²) in [5, 5.41) is 16.4. The molecule has 7 nitrogen and oxygen atoms in total. The van der Waals surface area contributed by atoms with Gasteiger partial charge in [-0.25, -0.2) is 4.79 Å². The summed E-state index contributed by atoms with van der Waals surface area (Å²) < 4.78 is 7.08. The summed E-state index contributed by atoms with van der Waals surface area (Å²) in [6, 6.07) is 17.2. The minimum absolute atomic E-state index is 0.0621. The van der Waals surface area contributed by atoms with E-state index in [9.17, 15) is 4.79 Å². The molecule has 3 aromatic carbocycles. The number of thioether (sulfide) groups is 1. The Labute approximate surface area is 232 Å². The fourth-order valence-corrected chi connectivity index (χ4v) is 4.97. The van der Waals surface area contributed by atoms with Gasteiger partial charge in [-0.05, 0) is 54.1 Å². The summed E-state index contributed by atoms with van der Waals surface area (Å²) in [6.45, 7) is 0.0621. The second-order valence-electron chi connectivity index (χ2n) is 7.40. The van der Waals surface area contributed by atoms with Crippen molar-refractivity contribution in [2.45, 2.75) is 17.5 Å². The van der Waals surface area contributed by atoms with Gasteiger partial charge < -0.3 is 15.4 Å². The van der Waals surface area contributed by atoms with Crippen LogP contribution in [-0.4, -0.2) is 27.9 Å². The third kappa shape index (κ3) is 6.57. The number of urea groups is 1. The fourth-order valence-electron chi connectivity index (χ4n) is 3.23. The van der Waals surface area contributed by atoms with Gasteiger partial charge in [-0.3, -0.25) is 4.57 Å². The van der Waals surface area contributed by atoms with Gasteiger partial charge in [0.15, 0.2) is 11.0 Å². The number of methoxy groups -OCH3 is 1. The number of halogens is 4. The van der Waals surface area contributed by atoms with Gasteiger partial charge in [-0.15, -0.1) is 10.2 Å². The average Bonchev–Trinajstić information content (AvgIpc) is 3.27. The fraction of sp³-hybridized carbons (Fsp3) is 0.125. The number of carbonyl (C=O) groups excluding carboxylic acids is 1. The highest BCUT2D eigenvalue weighted by atomic mass is 35.5. The van der Waals surface area contributed by atoms with Crippen molar-refractivity contribution in [1.82, 2.24) is 20.1 Å². The highest BCUT2D eigenvalue weighted by Gasteiger charge is 2.18. The van der Waals surface area contributed by atoms with Crippen molar-refractivity contribution >= 4 is 69.9 Å². The van der Waals surface area contributed by atoms with Crippen LogP contribution in [0.5, 0.6) is 5.75 Å². The van der Waals surface area contributed by atoms with Crippen molar-refractivity contribution in [3.63, 3.8) is 0 Å². The highest BCUT2D eigenvalue weighted by Crippen LogP contribution is 2.31. The largest absolute Gasteiger partial charge is 0.497 e. The summed E-state index contributed by atoms with van der Waals surface area (Å²) in [5.74, 6) is 1.84. The van der Waals surface area contributed by atoms with Gasteiger partial charge in [-0.1, -0.05) is 70.3 Å². The van der Waals surface area contributed by atoms with Gasteiger partial charge in [0.2, 0.25) is 0 Å². The van der Waals surface area contributed by atoms with Crippen LogP contribution in [0.4, 0.5) is 10.5 Å². The normalized spacial score (nSPS) is 10.8. The first-order valence-corrected chi connectivity index (χ1v) is 13.0. The zero-order valence-corrected chi connectivity index (χ0v) is 22.6. The van der Waals surface area contributed by atoms with Gasteiger partial charge in [-0.2, -0.15) is 0 Å². The molecule has 0 saturated heterocycles. The summed E-state index contributed by atoms with van der Waals surface area (Å²) in [6.07, 6.45) is 0. The first kappa shape index (κ1) is 26.4. The van der Waals surface area contributed by atoms with Crippen LogP contribution in [0.3, 0.4) is 0 Å². The molecule has 2 amide bonds. The lowest BCUT2D eigenvalue weighted by atomic mass is 10.2. The average molecular weight is 583 g/mol. The third-order valence-electron chi connectivity index (χ3n) is 4.94. The minimum Gasteiger partial charge on any atom is -0.497 e. The molecule has 0 fully saturated rings. The number of ether oxygens (including phenoxy) is 1. The van der Waals surface area contributed by atoms with Crippen LogP contribution < -0.4 is 15.4 Å². The van der Waals surface area contributed by atoms with Crippen molar-refractivity contribution in [2.75, 3.05) is 12.4 Å². The van der Waals surface area contributed by atoms with Gasteiger partial charge in [0.1, 0.15) is 5.75 Å². The smallest absolute Gasteiger partial charge is 0.319 e.